The van der Waals surface area contributed by atoms with Crippen molar-refractivity contribution in [3.63, 3.8) is 0 Å². The summed E-state index contributed by atoms with van der Waals surface area (Å²) in [5, 5.41) is 6.53. The summed E-state index contributed by atoms with van der Waals surface area (Å²) in [6.45, 7) is 0. The Balaban J connectivity index is 2.66. The van der Waals surface area contributed by atoms with Gasteiger partial charge in [0.25, 0.3) is 5.90 Å². The van der Waals surface area contributed by atoms with E-state index in [1.807, 2.05) is 0 Å². The molecule has 5 heteroatoms. The minimum absolute atomic E-state index is 0.00447. The van der Waals surface area contributed by atoms with E-state index in [0.717, 1.165) is 0 Å². The third-order valence-corrected chi connectivity index (χ3v) is 1.22. The zero-order valence-electron chi connectivity index (χ0n) is 6.43. The van der Waals surface area contributed by atoms with Crippen LogP contribution < -0.4 is 4.74 Å². The minimum Gasteiger partial charge on any atom is -0.436 e. The maximum atomic E-state index is 11.8. The maximum absolute atomic E-state index is 11.8. The number of rotatable bonds is 1. The Bertz CT molecular complexity index is 294. The van der Waals surface area contributed by atoms with E-state index in [-0.39, 0.29) is 5.75 Å². The van der Waals surface area contributed by atoms with E-state index in [0.29, 0.717) is 0 Å². The highest BCUT2D eigenvalue weighted by Gasteiger charge is 2.37. The monoisotopic (exact) mass is 189 g/mol. The molecule has 0 unspecified atom stereocenters. The topological polar surface area (TPSA) is 33.1 Å². The van der Waals surface area contributed by atoms with E-state index in [1.54, 1.807) is 6.07 Å². The van der Waals surface area contributed by atoms with Gasteiger partial charge in [-0.3, -0.25) is 5.41 Å². The molecule has 0 aliphatic heterocycles. The van der Waals surface area contributed by atoms with Crippen molar-refractivity contribution < 1.29 is 17.9 Å². The number of halogens is 3. The largest absolute Gasteiger partial charge is 0.468 e. The molecular weight excluding hydrogens is 183 g/mol. The van der Waals surface area contributed by atoms with Crippen LogP contribution in [0.25, 0.3) is 0 Å². The molecule has 0 spiro atoms. The molecule has 0 heterocycles. The molecule has 0 amide bonds. The lowest BCUT2D eigenvalue weighted by molar-refractivity contribution is -0.0719. The number of para-hydroxylation sites is 1. The van der Waals surface area contributed by atoms with Crippen molar-refractivity contribution in [3.8, 4) is 5.75 Å². The summed E-state index contributed by atoms with van der Waals surface area (Å²) in [5.74, 6) is -1.71. The first-order chi connectivity index (χ1) is 6.00. The van der Waals surface area contributed by atoms with Crippen molar-refractivity contribution in [2.45, 2.75) is 6.18 Å². The van der Waals surface area contributed by atoms with E-state index in [4.69, 9.17) is 5.41 Å². The van der Waals surface area contributed by atoms with E-state index < -0.39 is 12.1 Å². The first-order valence-electron chi connectivity index (χ1n) is 3.39. The summed E-state index contributed by atoms with van der Waals surface area (Å²) < 4.78 is 39.6. The van der Waals surface area contributed by atoms with Crippen LogP contribution in [-0.4, -0.2) is 12.1 Å². The second-order valence-corrected chi connectivity index (χ2v) is 2.24. The van der Waals surface area contributed by atoms with Gasteiger partial charge in [0.1, 0.15) is 5.75 Å². The number of nitrogens with one attached hydrogen (secondary N) is 1. The van der Waals surface area contributed by atoms with Gasteiger partial charge in [-0.25, -0.2) is 0 Å². The number of hydrogen-bond donors (Lipinski definition) is 1. The van der Waals surface area contributed by atoms with Crippen LogP contribution in [0.15, 0.2) is 30.3 Å². The molecule has 0 radical (unpaired) electrons. The van der Waals surface area contributed by atoms with Crippen molar-refractivity contribution in [1.82, 2.24) is 0 Å². The van der Waals surface area contributed by atoms with Crippen LogP contribution >= 0.6 is 0 Å². The molecule has 0 aliphatic carbocycles. The van der Waals surface area contributed by atoms with Gasteiger partial charge >= 0.3 is 6.18 Å². The summed E-state index contributed by atoms with van der Waals surface area (Å²) in [6.07, 6.45) is -4.73. The maximum Gasteiger partial charge on any atom is 0.468 e. The molecule has 0 aromatic heterocycles. The molecule has 0 saturated heterocycles. The van der Waals surface area contributed by atoms with Crippen molar-refractivity contribution in [3.05, 3.63) is 30.3 Å². The number of hydrogen-bond acceptors (Lipinski definition) is 2. The van der Waals surface area contributed by atoms with E-state index >= 15 is 0 Å². The Morgan fingerprint density at radius 1 is 1.15 bits per heavy atom. The van der Waals surface area contributed by atoms with E-state index in [1.165, 1.54) is 24.3 Å². The van der Waals surface area contributed by atoms with Gasteiger partial charge in [0.05, 0.1) is 0 Å². The molecule has 1 aromatic carbocycles. The molecule has 1 aromatic rings. The standard InChI is InChI=1S/C8H6F3NO/c9-8(10,11)7(12)13-6-4-2-1-3-5-6/h1-5,12H. The molecular formula is C8H6F3NO. The Kier molecular flexibility index (Phi) is 2.55. The fourth-order valence-corrected chi connectivity index (χ4v) is 0.664. The molecule has 2 nitrogen and oxygen atoms in total. The van der Waals surface area contributed by atoms with Gasteiger partial charge in [0.2, 0.25) is 0 Å². The molecule has 1 N–H and O–H groups in total. The Morgan fingerprint density at radius 2 is 1.69 bits per heavy atom. The smallest absolute Gasteiger partial charge is 0.436 e. The Morgan fingerprint density at radius 3 is 2.15 bits per heavy atom. The lowest BCUT2D eigenvalue weighted by Crippen LogP contribution is -2.27. The number of alkyl halides is 3. The van der Waals surface area contributed by atoms with Crippen molar-refractivity contribution in [2.24, 2.45) is 0 Å². The van der Waals surface area contributed by atoms with Crippen LogP contribution in [0.3, 0.4) is 0 Å². The number of benzene rings is 1. The van der Waals surface area contributed by atoms with Gasteiger partial charge in [0, 0.05) is 0 Å². The van der Waals surface area contributed by atoms with Crippen LogP contribution in [0.1, 0.15) is 0 Å². The molecule has 0 fully saturated rings. The summed E-state index contributed by atoms with van der Waals surface area (Å²) >= 11 is 0. The Labute approximate surface area is 72.5 Å². The van der Waals surface area contributed by atoms with Crippen LogP contribution in [0.5, 0.6) is 5.75 Å². The third-order valence-electron chi connectivity index (χ3n) is 1.22. The van der Waals surface area contributed by atoms with Gasteiger partial charge in [-0.05, 0) is 12.1 Å². The second-order valence-electron chi connectivity index (χ2n) is 2.24. The quantitative estimate of drug-likeness (QED) is 0.534. The van der Waals surface area contributed by atoms with Gasteiger partial charge in [0.15, 0.2) is 0 Å². The van der Waals surface area contributed by atoms with Gasteiger partial charge < -0.3 is 4.74 Å². The van der Waals surface area contributed by atoms with Crippen molar-refractivity contribution in [2.75, 3.05) is 0 Å². The van der Waals surface area contributed by atoms with Crippen molar-refractivity contribution in [1.29, 1.82) is 5.41 Å². The first kappa shape index (κ1) is 9.57. The van der Waals surface area contributed by atoms with Gasteiger partial charge in [-0.15, -0.1) is 0 Å². The van der Waals surface area contributed by atoms with Gasteiger partial charge in [-0.2, -0.15) is 13.2 Å². The predicted octanol–water partition coefficient (Wildman–Crippen LogP) is 2.60. The molecule has 0 aliphatic rings. The van der Waals surface area contributed by atoms with Crippen LogP contribution in [0.4, 0.5) is 13.2 Å². The van der Waals surface area contributed by atoms with Crippen LogP contribution in [0.2, 0.25) is 0 Å². The first-order valence-corrected chi connectivity index (χ1v) is 3.39. The highest BCUT2D eigenvalue weighted by Crippen LogP contribution is 2.19. The molecule has 0 saturated carbocycles. The lowest BCUT2D eigenvalue weighted by Gasteiger charge is -2.08. The molecule has 13 heavy (non-hydrogen) atoms. The Hall–Kier alpha value is -1.52. The summed E-state index contributed by atoms with van der Waals surface area (Å²) in [7, 11) is 0. The highest BCUT2D eigenvalue weighted by molar-refractivity contribution is 5.80. The third kappa shape index (κ3) is 2.77. The fourth-order valence-electron chi connectivity index (χ4n) is 0.664. The van der Waals surface area contributed by atoms with Gasteiger partial charge in [-0.1, -0.05) is 18.2 Å². The summed E-state index contributed by atoms with van der Waals surface area (Å²) in [5.41, 5.74) is 0. The van der Waals surface area contributed by atoms with E-state index in [2.05, 4.69) is 4.74 Å². The second kappa shape index (κ2) is 3.47. The molecule has 70 valence electrons. The normalized spacial score (nSPS) is 11.0. The SMILES string of the molecule is N=C(Oc1ccccc1)C(F)(F)F. The molecule has 0 atom stereocenters. The average molecular weight is 189 g/mol. The summed E-state index contributed by atoms with van der Waals surface area (Å²) in [4.78, 5) is 0. The average Bonchev–Trinajstić information content (AvgIpc) is 2.04. The molecule has 0 bridgehead atoms. The number of ether oxygens (including phenoxy) is 1. The summed E-state index contributed by atoms with van der Waals surface area (Å²) in [6, 6.07) is 7.39. The van der Waals surface area contributed by atoms with Crippen LogP contribution in [-0.2, 0) is 0 Å². The fraction of sp³-hybridized carbons (Fsp3) is 0.125. The highest BCUT2D eigenvalue weighted by atomic mass is 19.4. The van der Waals surface area contributed by atoms with Crippen LogP contribution in [0, 0.1) is 5.41 Å². The predicted molar refractivity (Wildman–Crippen MR) is 40.9 cm³/mol. The minimum atomic E-state index is -4.73. The lowest BCUT2D eigenvalue weighted by atomic mass is 10.3. The van der Waals surface area contributed by atoms with Crippen molar-refractivity contribution >= 4 is 5.90 Å². The molecule has 1 rings (SSSR count). The van der Waals surface area contributed by atoms with E-state index in [9.17, 15) is 13.2 Å². The zero-order chi connectivity index (χ0) is 9.90. The zero-order valence-corrected chi connectivity index (χ0v) is 6.43.